The molecule has 0 spiro atoms. The summed E-state index contributed by atoms with van der Waals surface area (Å²) in [6.07, 6.45) is 1.71. The smallest absolute Gasteiger partial charge is 0.167 e. The molecule has 0 N–H and O–H groups in total. The van der Waals surface area contributed by atoms with Crippen LogP contribution in [0.2, 0.25) is 0 Å². The van der Waals surface area contributed by atoms with Gasteiger partial charge in [-0.25, -0.2) is 4.39 Å². The summed E-state index contributed by atoms with van der Waals surface area (Å²) in [5.41, 5.74) is 1.42. The fourth-order valence-electron chi connectivity index (χ4n) is 2.00. The average Bonchev–Trinajstić information content (AvgIpc) is 2.49. The molecule has 1 aromatic heterocycles. The molecule has 2 aromatic carbocycles. The highest BCUT2D eigenvalue weighted by Crippen LogP contribution is 2.30. The van der Waals surface area contributed by atoms with E-state index in [0.717, 1.165) is 10.9 Å². The van der Waals surface area contributed by atoms with Crippen molar-refractivity contribution in [3.63, 3.8) is 0 Å². The second-order valence-electron chi connectivity index (χ2n) is 4.32. The number of rotatable bonds is 3. The van der Waals surface area contributed by atoms with Gasteiger partial charge in [-0.2, -0.15) is 0 Å². The minimum atomic E-state index is -0.427. The number of hydrogen-bond acceptors (Lipinski definition) is 2. The molecule has 20 heavy (non-hydrogen) atoms. The molecule has 0 saturated heterocycles. The highest BCUT2D eigenvalue weighted by atomic mass is 35.5. The van der Waals surface area contributed by atoms with Crippen LogP contribution in [0, 0.1) is 5.82 Å². The van der Waals surface area contributed by atoms with E-state index in [2.05, 4.69) is 4.98 Å². The van der Waals surface area contributed by atoms with Crippen LogP contribution < -0.4 is 4.74 Å². The number of hydrogen-bond donors (Lipinski definition) is 0. The fraction of sp³-hybridized carbons (Fsp3) is 0.0625. The quantitative estimate of drug-likeness (QED) is 0.639. The van der Waals surface area contributed by atoms with Gasteiger partial charge in [0.25, 0.3) is 0 Å². The highest BCUT2D eigenvalue weighted by Gasteiger charge is 2.10. The molecule has 0 atom stereocenters. The first kappa shape index (κ1) is 12.9. The van der Waals surface area contributed by atoms with E-state index in [1.165, 1.54) is 6.07 Å². The zero-order valence-corrected chi connectivity index (χ0v) is 11.3. The normalized spacial score (nSPS) is 10.7. The minimum Gasteiger partial charge on any atom is -0.454 e. The Balaban J connectivity index is 2.01. The van der Waals surface area contributed by atoms with Gasteiger partial charge in [-0.1, -0.05) is 18.2 Å². The number of para-hydroxylation sites is 1. The maximum atomic E-state index is 13.8. The van der Waals surface area contributed by atoms with Crippen molar-refractivity contribution in [1.82, 2.24) is 4.98 Å². The third-order valence-corrected chi connectivity index (χ3v) is 3.28. The van der Waals surface area contributed by atoms with Crippen molar-refractivity contribution in [2.24, 2.45) is 0 Å². The van der Waals surface area contributed by atoms with E-state index < -0.39 is 5.82 Å². The monoisotopic (exact) mass is 287 g/mol. The predicted octanol–water partition coefficient (Wildman–Crippen LogP) is 4.91. The SMILES string of the molecule is Fc1cccc(CCl)c1Oc1ccc2cccnc2c1. The Morgan fingerprint density at radius 3 is 2.85 bits per heavy atom. The van der Waals surface area contributed by atoms with E-state index in [1.54, 1.807) is 30.5 Å². The summed E-state index contributed by atoms with van der Waals surface area (Å²) < 4.78 is 19.5. The molecule has 3 aromatic rings. The first-order chi connectivity index (χ1) is 9.78. The van der Waals surface area contributed by atoms with E-state index in [0.29, 0.717) is 11.3 Å². The topological polar surface area (TPSA) is 22.1 Å². The Hall–Kier alpha value is -2.13. The molecule has 0 aliphatic rings. The lowest BCUT2D eigenvalue weighted by Gasteiger charge is -2.11. The van der Waals surface area contributed by atoms with E-state index in [4.69, 9.17) is 16.3 Å². The minimum absolute atomic E-state index is 0.165. The Labute approximate surface area is 120 Å². The van der Waals surface area contributed by atoms with Crippen molar-refractivity contribution >= 4 is 22.5 Å². The van der Waals surface area contributed by atoms with Gasteiger partial charge in [-0.05, 0) is 24.3 Å². The number of alkyl halides is 1. The number of halogens is 2. The zero-order chi connectivity index (χ0) is 13.9. The second-order valence-corrected chi connectivity index (χ2v) is 4.59. The Morgan fingerprint density at radius 1 is 1.10 bits per heavy atom. The van der Waals surface area contributed by atoms with Crippen LogP contribution in [-0.2, 0) is 5.88 Å². The summed E-state index contributed by atoms with van der Waals surface area (Å²) >= 11 is 5.81. The second kappa shape index (κ2) is 5.47. The van der Waals surface area contributed by atoms with Crippen molar-refractivity contribution in [1.29, 1.82) is 0 Å². The summed E-state index contributed by atoms with van der Waals surface area (Å²) in [4.78, 5) is 4.25. The molecule has 0 aliphatic heterocycles. The fourth-order valence-corrected chi connectivity index (χ4v) is 2.21. The Bertz CT molecular complexity index is 760. The summed E-state index contributed by atoms with van der Waals surface area (Å²) in [6.45, 7) is 0. The van der Waals surface area contributed by atoms with E-state index in [-0.39, 0.29) is 11.6 Å². The molecule has 0 saturated carbocycles. The lowest BCUT2D eigenvalue weighted by Crippen LogP contribution is -1.93. The van der Waals surface area contributed by atoms with Gasteiger partial charge in [0.1, 0.15) is 5.75 Å². The molecule has 0 aliphatic carbocycles. The van der Waals surface area contributed by atoms with Crippen molar-refractivity contribution < 1.29 is 9.13 Å². The van der Waals surface area contributed by atoms with Crippen molar-refractivity contribution in [3.8, 4) is 11.5 Å². The van der Waals surface area contributed by atoms with Gasteiger partial charge in [-0.3, -0.25) is 4.98 Å². The first-order valence-electron chi connectivity index (χ1n) is 6.14. The van der Waals surface area contributed by atoms with Gasteiger partial charge in [0.2, 0.25) is 0 Å². The van der Waals surface area contributed by atoms with Crippen LogP contribution in [0.25, 0.3) is 10.9 Å². The van der Waals surface area contributed by atoms with Crippen molar-refractivity contribution in [3.05, 3.63) is 66.1 Å². The first-order valence-corrected chi connectivity index (χ1v) is 6.67. The molecule has 0 unspecified atom stereocenters. The predicted molar refractivity (Wildman–Crippen MR) is 77.8 cm³/mol. The van der Waals surface area contributed by atoms with Crippen LogP contribution >= 0.6 is 11.6 Å². The molecule has 0 fully saturated rings. The Morgan fingerprint density at radius 2 is 2.00 bits per heavy atom. The van der Waals surface area contributed by atoms with Crippen LogP contribution in [0.1, 0.15) is 5.56 Å². The lowest BCUT2D eigenvalue weighted by atomic mass is 10.2. The molecule has 0 bridgehead atoms. The molecule has 0 amide bonds. The van der Waals surface area contributed by atoms with E-state index >= 15 is 0 Å². The van der Waals surface area contributed by atoms with Gasteiger partial charge < -0.3 is 4.74 Å². The van der Waals surface area contributed by atoms with Crippen LogP contribution in [-0.4, -0.2) is 4.98 Å². The molecular formula is C16H11ClFNO. The van der Waals surface area contributed by atoms with E-state index in [9.17, 15) is 4.39 Å². The largest absolute Gasteiger partial charge is 0.454 e. The van der Waals surface area contributed by atoms with Gasteiger partial charge >= 0.3 is 0 Å². The Kier molecular flexibility index (Phi) is 3.52. The van der Waals surface area contributed by atoms with Crippen molar-refractivity contribution in [2.75, 3.05) is 0 Å². The number of ether oxygens (including phenoxy) is 1. The molecule has 1 heterocycles. The number of benzene rings is 2. The third kappa shape index (κ3) is 2.45. The van der Waals surface area contributed by atoms with E-state index in [1.807, 2.05) is 18.2 Å². The number of aromatic nitrogens is 1. The maximum Gasteiger partial charge on any atom is 0.167 e. The lowest BCUT2D eigenvalue weighted by molar-refractivity contribution is 0.438. The number of pyridine rings is 1. The third-order valence-electron chi connectivity index (χ3n) is 2.99. The van der Waals surface area contributed by atoms with Gasteiger partial charge in [0, 0.05) is 23.2 Å². The van der Waals surface area contributed by atoms with Gasteiger partial charge in [0.05, 0.1) is 11.4 Å². The van der Waals surface area contributed by atoms with Crippen LogP contribution in [0.4, 0.5) is 4.39 Å². The summed E-state index contributed by atoms with van der Waals surface area (Å²) in [5, 5.41) is 1.01. The maximum absolute atomic E-state index is 13.8. The molecule has 0 radical (unpaired) electrons. The van der Waals surface area contributed by atoms with Crippen molar-refractivity contribution in [2.45, 2.75) is 5.88 Å². The van der Waals surface area contributed by atoms with Crippen LogP contribution in [0.5, 0.6) is 11.5 Å². The number of fused-ring (bicyclic) bond motifs is 1. The summed E-state index contributed by atoms with van der Waals surface area (Å²) in [6, 6.07) is 14.0. The summed E-state index contributed by atoms with van der Waals surface area (Å²) in [7, 11) is 0. The van der Waals surface area contributed by atoms with Gasteiger partial charge in [0.15, 0.2) is 11.6 Å². The highest BCUT2D eigenvalue weighted by molar-refractivity contribution is 6.17. The molecule has 4 heteroatoms. The molecular weight excluding hydrogens is 277 g/mol. The average molecular weight is 288 g/mol. The molecule has 3 rings (SSSR count). The standard InChI is InChI=1S/C16H11ClFNO/c17-10-12-3-1-5-14(18)16(12)20-13-7-6-11-4-2-8-19-15(11)9-13/h1-9H,10H2. The summed E-state index contributed by atoms with van der Waals surface area (Å²) in [5.74, 6) is 0.466. The molecule has 100 valence electrons. The number of nitrogens with zero attached hydrogens (tertiary/aromatic N) is 1. The van der Waals surface area contributed by atoms with Crippen LogP contribution in [0.15, 0.2) is 54.7 Å². The molecule has 2 nitrogen and oxygen atoms in total. The zero-order valence-electron chi connectivity index (χ0n) is 10.5. The van der Waals surface area contributed by atoms with Crippen LogP contribution in [0.3, 0.4) is 0 Å². The van der Waals surface area contributed by atoms with Gasteiger partial charge in [-0.15, -0.1) is 11.6 Å².